The molecule has 154 valence electrons. The minimum atomic E-state index is 0.0711. The monoisotopic (exact) mass is 412 g/mol. The first kappa shape index (κ1) is 21.3. The standard InChI is InChI=1S/C23H29ClN4O/c1-4-13-28-21(26-20-10-7-12-25-23(20)28)16-27(14-11-17(2)3)22(29)15-18-8-5-6-9-19(18)24/h5-10,12,17H,4,11,13-16H2,1-3H3. The number of imidazole rings is 1. The molecule has 0 aliphatic carbocycles. The Hall–Kier alpha value is -2.40. The number of amides is 1. The number of hydrogen-bond donors (Lipinski definition) is 0. The number of rotatable bonds is 9. The molecule has 0 saturated heterocycles. The number of pyridine rings is 1. The maximum atomic E-state index is 13.2. The van der Waals surface area contributed by atoms with Crippen LogP contribution in [0.1, 0.15) is 45.0 Å². The first-order chi connectivity index (χ1) is 14.0. The topological polar surface area (TPSA) is 51.0 Å². The molecule has 3 rings (SSSR count). The van der Waals surface area contributed by atoms with Gasteiger partial charge in [-0.1, -0.05) is 50.6 Å². The molecule has 3 aromatic rings. The minimum absolute atomic E-state index is 0.0711. The number of carbonyl (C=O) groups excluding carboxylic acids is 1. The maximum Gasteiger partial charge on any atom is 0.227 e. The Labute approximate surface area is 177 Å². The SMILES string of the molecule is CCCn1c(CN(CCC(C)C)C(=O)Cc2ccccc2Cl)nc2cccnc21. The van der Waals surface area contributed by atoms with E-state index in [1.165, 1.54) is 0 Å². The molecule has 6 heteroatoms. The van der Waals surface area contributed by atoms with Crippen molar-refractivity contribution in [3.8, 4) is 0 Å². The fourth-order valence-electron chi connectivity index (χ4n) is 3.38. The summed E-state index contributed by atoms with van der Waals surface area (Å²) in [7, 11) is 0. The lowest BCUT2D eigenvalue weighted by atomic mass is 10.1. The highest BCUT2D eigenvalue weighted by Crippen LogP contribution is 2.19. The highest BCUT2D eigenvalue weighted by Gasteiger charge is 2.20. The van der Waals surface area contributed by atoms with Crippen LogP contribution in [0, 0.1) is 5.92 Å². The van der Waals surface area contributed by atoms with Gasteiger partial charge < -0.3 is 9.47 Å². The molecule has 29 heavy (non-hydrogen) atoms. The van der Waals surface area contributed by atoms with E-state index in [1.54, 1.807) is 6.20 Å². The van der Waals surface area contributed by atoms with Crippen molar-refractivity contribution in [2.45, 2.75) is 53.1 Å². The van der Waals surface area contributed by atoms with Crippen molar-refractivity contribution in [2.75, 3.05) is 6.54 Å². The van der Waals surface area contributed by atoms with Crippen molar-refractivity contribution in [3.05, 3.63) is 59.0 Å². The molecule has 2 aromatic heterocycles. The molecule has 0 fully saturated rings. The van der Waals surface area contributed by atoms with E-state index in [0.29, 0.717) is 30.5 Å². The second-order valence-electron chi connectivity index (χ2n) is 7.79. The van der Waals surface area contributed by atoms with Crippen LogP contribution in [0.4, 0.5) is 0 Å². The van der Waals surface area contributed by atoms with Gasteiger partial charge in [-0.2, -0.15) is 0 Å². The van der Waals surface area contributed by atoms with Gasteiger partial charge >= 0.3 is 0 Å². The van der Waals surface area contributed by atoms with Gasteiger partial charge in [-0.3, -0.25) is 4.79 Å². The first-order valence-electron chi connectivity index (χ1n) is 10.3. The van der Waals surface area contributed by atoms with Crippen LogP contribution in [0.15, 0.2) is 42.6 Å². The lowest BCUT2D eigenvalue weighted by Gasteiger charge is -2.24. The van der Waals surface area contributed by atoms with E-state index in [2.05, 4.69) is 30.3 Å². The predicted molar refractivity (Wildman–Crippen MR) is 118 cm³/mol. The van der Waals surface area contributed by atoms with Crippen molar-refractivity contribution < 1.29 is 4.79 Å². The fraction of sp³-hybridized carbons (Fsp3) is 0.435. The zero-order valence-corrected chi connectivity index (χ0v) is 18.2. The lowest BCUT2D eigenvalue weighted by molar-refractivity contribution is -0.131. The number of halogens is 1. The molecular formula is C23H29ClN4O. The van der Waals surface area contributed by atoms with Gasteiger partial charge in [0.1, 0.15) is 11.3 Å². The molecule has 0 unspecified atom stereocenters. The summed E-state index contributed by atoms with van der Waals surface area (Å²) < 4.78 is 2.14. The molecule has 0 N–H and O–H groups in total. The predicted octanol–water partition coefficient (Wildman–Crippen LogP) is 5.11. The van der Waals surface area contributed by atoms with Crippen LogP contribution in [0.2, 0.25) is 5.02 Å². The lowest BCUT2D eigenvalue weighted by Crippen LogP contribution is -2.34. The number of carbonyl (C=O) groups is 1. The molecule has 1 aromatic carbocycles. The summed E-state index contributed by atoms with van der Waals surface area (Å²) in [6, 6.07) is 11.4. The van der Waals surface area contributed by atoms with Gasteiger partial charge in [-0.05, 0) is 42.5 Å². The minimum Gasteiger partial charge on any atom is -0.335 e. The summed E-state index contributed by atoms with van der Waals surface area (Å²) in [6.45, 7) is 8.49. The van der Waals surface area contributed by atoms with Crippen LogP contribution in [-0.2, 0) is 24.3 Å². The van der Waals surface area contributed by atoms with Gasteiger partial charge in [-0.15, -0.1) is 0 Å². The molecule has 0 aliphatic rings. The number of aromatic nitrogens is 3. The van der Waals surface area contributed by atoms with Crippen LogP contribution in [0.5, 0.6) is 0 Å². The zero-order chi connectivity index (χ0) is 20.8. The van der Waals surface area contributed by atoms with Crippen molar-refractivity contribution in [2.24, 2.45) is 5.92 Å². The van der Waals surface area contributed by atoms with E-state index in [4.69, 9.17) is 16.6 Å². The smallest absolute Gasteiger partial charge is 0.227 e. The molecule has 0 spiro atoms. The van der Waals surface area contributed by atoms with Gasteiger partial charge in [0.2, 0.25) is 5.91 Å². The largest absolute Gasteiger partial charge is 0.335 e. The van der Waals surface area contributed by atoms with Gasteiger partial charge in [0.15, 0.2) is 5.65 Å². The van der Waals surface area contributed by atoms with E-state index < -0.39 is 0 Å². The molecule has 0 radical (unpaired) electrons. The number of nitrogens with zero attached hydrogens (tertiary/aromatic N) is 4. The van der Waals surface area contributed by atoms with E-state index in [9.17, 15) is 4.79 Å². The Bertz CT molecular complexity index is 966. The summed E-state index contributed by atoms with van der Waals surface area (Å²) >= 11 is 6.29. The van der Waals surface area contributed by atoms with E-state index in [0.717, 1.165) is 41.9 Å². The molecule has 2 heterocycles. The third kappa shape index (κ3) is 5.36. The Morgan fingerprint density at radius 3 is 2.72 bits per heavy atom. The van der Waals surface area contributed by atoms with E-state index in [1.807, 2.05) is 41.3 Å². The summed E-state index contributed by atoms with van der Waals surface area (Å²) in [4.78, 5) is 24.4. The normalized spacial score (nSPS) is 11.3. The molecule has 0 saturated carbocycles. The summed E-state index contributed by atoms with van der Waals surface area (Å²) in [5.74, 6) is 1.47. The first-order valence-corrected chi connectivity index (χ1v) is 10.7. The molecule has 0 atom stereocenters. The maximum absolute atomic E-state index is 13.2. The van der Waals surface area contributed by atoms with Gasteiger partial charge in [0.25, 0.3) is 0 Å². The van der Waals surface area contributed by atoms with Crippen LogP contribution in [-0.4, -0.2) is 31.9 Å². The van der Waals surface area contributed by atoms with Crippen molar-refractivity contribution >= 4 is 28.7 Å². The van der Waals surface area contributed by atoms with Gasteiger partial charge in [-0.25, -0.2) is 9.97 Å². The number of aryl methyl sites for hydroxylation is 1. The van der Waals surface area contributed by atoms with Crippen molar-refractivity contribution in [1.82, 2.24) is 19.4 Å². The molecular weight excluding hydrogens is 384 g/mol. The highest BCUT2D eigenvalue weighted by molar-refractivity contribution is 6.31. The van der Waals surface area contributed by atoms with Gasteiger partial charge in [0, 0.05) is 24.3 Å². The third-order valence-corrected chi connectivity index (χ3v) is 5.36. The summed E-state index contributed by atoms with van der Waals surface area (Å²) in [6.07, 6.45) is 4.01. The Kier molecular flexibility index (Phi) is 7.26. The third-order valence-electron chi connectivity index (χ3n) is 4.99. The van der Waals surface area contributed by atoms with E-state index >= 15 is 0 Å². The average molecular weight is 413 g/mol. The Morgan fingerprint density at radius 1 is 1.21 bits per heavy atom. The molecule has 1 amide bonds. The summed E-state index contributed by atoms with van der Waals surface area (Å²) in [5.41, 5.74) is 2.61. The Morgan fingerprint density at radius 2 is 2.00 bits per heavy atom. The van der Waals surface area contributed by atoms with Crippen LogP contribution in [0.3, 0.4) is 0 Å². The number of hydrogen-bond acceptors (Lipinski definition) is 3. The van der Waals surface area contributed by atoms with E-state index in [-0.39, 0.29) is 5.91 Å². The van der Waals surface area contributed by atoms with Crippen LogP contribution >= 0.6 is 11.6 Å². The van der Waals surface area contributed by atoms with Crippen molar-refractivity contribution in [3.63, 3.8) is 0 Å². The van der Waals surface area contributed by atoms with Crippen molar-refractivity contribution in [1.29, 1.82) is 0 Å². The highest BCUT2D eigenvalue weighted by atomic mass is 35.5. The van der Waals surface area contributed by atoms with Crippen LogP contribution < -0.4 is 0 Å². The molecule has 0 bridgehead atoms. The van der Waals surface area contributed by atoms with Crippen LogP contribution in [0.25, 0.3) is 11.2 Å². The summed E-state index contributed by atoms with van der Waals surface area (Å²) in [5, 5.41) is 0.632. The molecule has 0 aliphatic heterocycles. The fourth-order valence-corrected chi connectivity index (χ4v) is 3.58. The second-order valence-corrected chi connectivity index (χ2v) is 8.20. The van der Waals surface area contributed by atoms with Gasteiger partial charge in [0.05, 0.1) is 13.0 Å². The zero-order valence-electron chi connectivity index (χ0n) is 17.4. The number of benzene rings is 1. The average Bonchev–Trinajstić information content (AvgIpc) is 3.04. The molecule has 5 nitrogen and oxygen atoms in total. The Balaban J connectivity index is 1.87. The number of fused-ring (bicyclic) bond motifs is 1. The second kappa shape index (κ2) is 9.88. The quantitative estimate of drug-likeness (QED) is 0.490.